The minimum absolute atomic E-state index is 0.222. The monoisotopic (exact) mass is 568 g/mol. The van der Waals surface area contributed by atoms with E-state index in [1.807, 2.05) is 43.9 Å². The van der Waals surface area contributed by atoms with Crippen LogP contribution >= 0.6 is 0 Å². The van der Waals surface area contributed by atoms with Crippen molar-refractivity contribution in [2.24, 2.45) is 0 Å². The molecule has 220 valence electrons. The first-order valence-electron chi connectivity index (χ1n) is 14.9. The van der Waals surface area contributed by atoms with Crippen molar-refractivity contribution in [3.05, 3.63) is 66.1 Å². The smallest absolute Gasteiger partial charge is 0.410 e. The van der Waals surface area contributed by atoms with Crippen molar-refractivity contribution < 1.29 is 14.3 Å². The van der Waals surface area contributed by atoms with Gasteiger partial charge in [0, 0.05) is 50.0 Å². The SMILES string of the molecule is Cc1cc(CN2CCOCC2)ccc1-c1cccc2ncc(-c3cnn(C4CCN(C(=O)OC(C)(C)C)CC4)c3)nc12. The summed E-state index contributed by atoms with van der Waals surface area (Å²) in [6, 6.07) is 13.2. The fourth-order valence-electron chi connectivity index (χ4n) is 5.84. The van der Waals surface area contributed by atoms with Crippen molar-refractivity contribution in [3.63, 3.8) is 0 Å². The van der Waals surface area contributed by atoms with Crippen LogP contribution in [-0.4, -0.2) is 80.6 Å². The van der Waals surface area contributed by atoms with Crippen LogP contribution in [-0.2, 0) is 16.0 Å². The maximum absolute atomic E-state index is 12.5. The fraction of sp³-hybridized carbons (Fsp3) is 0.455. The molecule has 6 rings (SSSR count). The third-order valence-corrected chi connectivity index (χ3v) is 8.05. The number of amides is 1. The van der Waals surface area contributed by atoms with Gasteiger partial charge < -0.3 is 14.4 Å². The minimum atomic E-state index is -0.489. The van der Waals surface area contributed by atoms with Crippen molar-refractivity contribution in [3.8, 4) is 22.4 Å². The lowest BCUT2D eigenvalue weighted by atomic mass is 9.97. The van der Waals surface area contributed by atoms with Crippen LogP contribution in [0.4, 0.5) is 4.79 Å². The highest BCUT2D eigenvalue weighted by molar-refractivity contribution is 5.93. The van der Waals surface area contributed by atoms with Crippen LogP contribution in [0, 0.1) is 6.92 Å². The topological polar surface area (TPSA) is 85.6 Å². The highest BCUT2D eigenvalue weighted by atomic mass is 16.6. The van der Waals surface area contributed by atoms with Gasteiger partial charge in [-0.05, 0) is 63.3 Å². The van der Waals surface area contributed by atoms with Crippen molar-refractivity contribution in [2.45, 2.75) is 58.7 Å². The molecule has 4 heterocycles. The summed E-state index contributed by atoms with van der Waals surface area (Å²) >= 11 is 0. The molecular formula is C33H40N6O3. The Morgan fingerprint density at radius 1 is 1.02 bits per heavy atom. The zero-order valence-corrected chi connectivity index (χ0v) is 25.0. The van der Waals surface area contributed by atoms with Crippen molar-refractivity contribution in [1.82, 2.24) is 29.5 Å². The lowest BCUT2D eigenvalue weighted by molar-refractivity contribution is 0.0184. The molecule has 0 atom stereocenters. The van der Waals surface area contributed by atoms with Crippen LogP contribution in [0.5, 0.6) is 0 Å². The molecule has 2 aromatic heterocycles. The molecule has 0 N–H and O–H groups in total. The number of piperidine rings is 1. The average molecular weight is 569 g/mol. The number of carbonyl (C=O) groups is 1. The Morgan fingerprint density at radius 2 is 1.81 bits per heavy atom. The number of carbonyl (C=O) groups excluding carboxylic acids is 1. The van der Waals surface area contributed by atoms with E-state index < -0.39 is 5.60 Å². The molecule has 0 aliphatic carbocycles. The van der Waals surface area contributed by atoms with Gasteiger partial charge in [0.25, 0.3) is 0 Å². The van der Waals surface area contributed by atoms with Gasteiger partial charge in [0.15, 0.2) is 0 Å². The van der Waals surface area contributed by atoms with Gasteiger partial charge in [-0.3, -0.25) is 14.6 Å². The van der Waals surface area contributed by atoms with Gasteiger partial charge in [0.1, 0.15) is 5.60 Å². The second-order valence-corrected chi connectivity index (χ2v) is 12.4. The van der Waals surface area contributed by atoms with Gasteiger partial charge >= 0.3 is 6.09 Å². The van der Waals surface area contributed by atoms with Crippen LogP contribution < -0.4 is 0 Å². The van der Waals surface area contributed by atoms with Gasteiger partial charge in [-0.2, -0.15) is 5.10 Å². The van der Waals surface area contributed by atoms with Gasteiger partial charge in [-0.25, -0.2) is 9.78 Å². The number of hydrogen-bond acceptors (Lipinski definition) is 7. The maximum Gasteiger partial charge on any atom is 0.410 e. The Bertz CT molecular complexity index is 1560. The zero-order chi connectivity index (χ0) is 29.3. The van der Waals surface area contributed by atoms with E-state index in [-0.39, 0.29) is 12.1 Å². The highest BCUT2D eigenvalue weighted by Crippen LogP contribution is 2.32. The lowest BCUT2D eigenvalue weighted by Gasteiger charge is -2.33. The Morgan fingerprint density at radius 3 is 2.55 bits per heavy atom. The molecule has 2 aliphatic heterocycles. The van der Waals surface area contributed by atoms with E-state index in [0.717, 1.165) is 73.5 Å². The summed E-state index contributed by atoms with van der Waals surface area (Å²) in [6.07, 6.45) is 7.16. The number of ether oxygens (including phenoxy) is 2. The van der Waals surface area contributed by atoms with Gasteiger partial charge in [-0.15, -0.1) is 0 Å². The van der Waals surface area contributed by atoms with E-state index in [1.54, 1.807) is 4.90 Å². The average Bonchev–Trinajstić information content (AvgIpc) is 3.47. The molecule has 0 radical (unpaired) electrons. The number of fused-ring (bicyclic) bond motifs is 1. The normalized spacial score (nSPS) is 17.1. The first kappa shape index (κ1) is 28.3. The lowest BCUT2D eigenvalue weighted by Crippen LogP contribution is -2.42. The second kappa shape index (κ2) is 11.8. The maximum atomic E-state index is 12.5. The molecular weight excluding hydrogens is 528 g/mol. The quantitative estimate of drug-likeness (QED) is 0.298. The largest absolute Gasteiger partial charge is 0.444 e. The number of aryl methyl sites for hydroxylation is 1. The van der Waals surface area contributed by atoms with Crippen LogP contribution in [0.15, 0.2) is 55.0 Å². The van der Waals surface area contributed by atoms with Crippen molar-refractivity contribution >= 4 is 17.1 Å². The molecule has 9 nitrogen and oxygen atoms in total. The summed E-state index contributed by atoms with van der Waals surface area (Å²) in [6.45, 7) is 13.7. The van der Waals surface area contributed by atoms with Gasteiger partial charge in [0.05, 0.1) is 48.4 Å². The van der Waals surface area contributed by atoms with Gasteiger partial charge in [-0.1, -0.05) is 30.3 Å². The van der Waals surface area contributed by atoms with Crippen molar-refractivity contribution in [1.29, 1.82) is 0 Å². The number of hydrogen-bond donors (Lipinski definition) is 0. The van der Waals surface area contributed by atoms with Crippen LogP contribution in [0.2, 0.25) is 0 Å². The number of para-hydroxylation sites is 1. The molecule has 2 aliphatic rings. The first-order valence-corrected chi connectivity index (χ1v) is 14.9. The van der Waals surface area contributed by atoms with Crippen LogP contribution in [0.1, 0.15) is 50.8 Å². The number of benzene rings is 2. The summed E-state index contributed by atoms with van der Waals surface area (Å²) in [5.41, 5.74) is 7.80. The zero-order valence-electron chi connectivity index (χ0n) is 25.0. The second-order valence-electron chi connectivity index (χ2n) is 12.4. The molecule has 0 unspecified atom stereocenters. The van der Waals surface area contributed by atoms with Gasteiger partial charge in [0.2, 0.25) is 0 Å². The molecule has 2 aromatic carbocycles. The van der Waals surface area contributed by atoms with E-state index in [2.05, 4.69) is 53.5 Å². The molecule has 9 heteroatoms. The van der Waals surface area contributed by atoms with E-state index in [0.29, 0.717) is 13.1 Å². The van der Waals surface area contributed by atoms with E-state index in [1.165, 1.54) is 16.7 Å². The molecule has 42 heavy (non-hydrogen) atoms. The minimum Gasteiger partial charge on any atom is -0.444 e. The molecule has 0 spiro atoms. The summed E-state index contributed by atoms with van der Waals surface area (Å²) in [5.74, 6) is 0. The first-order chi connectivity index (χ1) is 20.2. The predicted octanol–water partition coefficient (Wildman–Crippen LogP) is 5.87. The summed E-state index contributed by atoms with van der Waals surface area (Å²) < 4.78 is 13.1. The van der Waals surface area contributed by atoms with E-state index in [9.17, 15) is 4.79 Å². The fourth-order valence-corrected chi connectivity index (χ4v) is 5.84. The number of nitrogens with zero attached hydrogens (tertiary/aromatic N) is 6. The Kier molecular flexibility index (Phi) is 7.96. The number of likely N-dealkylation sites (tertiary alicyclic amines) is 1. The van der Waals surface area contributed by atoms with Crippen molar-refractivity contribution in [2.75, 3.05) is 39.4 Å². The Labute approximate surface area is 247 Å². The summed E-state index contributed by atoms with van der Waals surface area (Å²) in [5, 5.41) is 4.68. The number of aromatic nitrogens is 4. The molecule has 0 bridgehead atoms. The highest BCUT2D eigenvalue weighted by Gasteiger charge is 2.28. The molecule has 4 aromatic rings. The third kappa shape index (κ3) is 6.32. The van der Waals surface area contributed by atoms with E-state index >= 15 is 0 Å². The van der Waals surface area contributed by atoms with Crippen LogP contribution in [0.25, 0.3) is 33.4 Å². The molecule has 2 saturated heterocycles. The predicted molar refractivity (Wildman–Crippen MR) is 163 cm³/mol. The molecule has 2 fully saturated rings. The number of rotatable bonds is 5. The van der Waals surface area contributed by atoms with Crippen LogP contribution in [0.3, 0.4) is 0 Å². The molecule has 0 saturated carbocycles. The third-order valence-electron chi connectivity index (χ3n) is 8.05. The molecule has 1 amide bonds. The standard InChI is InChI=1S/C33H40N6O3/c1-23-18-24(21-37-14-16-41-17-15-37)8-9-27(23)28-6-5-7-29-31(28)36-30(20-34-29)25-19-35-39(22-25)26-10-12-38(13-11-26)32(40)42-33(2,3)4/h5-9,18-20,22,26H,10-17,21H2,1-4H3. The van der Waals surface area contributed by atoms with E-state index in [4.69, 9.17) is 19.4 Å². The Hall–Kier alpha value is -3.82. The summed E-state index contributed by atoms with van der Waals surface area (Å²) in [7, 11) is 0. The summed E-state index contributed by atoms with van der Waals surface area (Å²) in [4.78, 5) is 26.6. The Balaban J connectivity index is 1.19. The number of morpholine rings is 1.